The van der Waals surface area contributed by atoms with Crippen LogP contribution in [0.5, 0.6) is 11.9 Å². The van der Waals surface area contributed by atoms with E-state index in [9.17, 15) is 8.42 Å². The Kier molecular flexibility index (Phi) is 6.91. The maximum atomic E-state index is 12.6. The second-order valence-electron chi connectivity index (χ2n) is 5.04. The van der Waals surface area contributed by atoms with E-state index in [-0.39, 0.29) is 22.6 Å². The van der Waals surface area contributed by atoms with E-state index in [1.54, 1.807) is 18.2 Å². The number of hydrogen-bond acceptors (Lipinski definition) is 7. The third kappa shape index (κ3) is 5.79. The number of thiocarbonyl (C=S) groups is 1. The van der Waals surface area contributed by atoms with Crippen LogP contribution in [0.2, 0.25) is 0 Å². The molecule has 0 saturated heterocycles. The molecule has 0 radical (unpaired) electrons. The molecule has 0 aliphatic rings. The van der Waals surface area contributed by atoms with Gasteiger partial charge in [-0.1, -0.05) is 6.08 Å². The molecular weight excluding hydrogens is 390 g/mol. The van der Waals surface area contributed by atoms with Crippen molar-refractivity contribution in [3.8, 4) is 11.9 Å². The number of nitrogens with one attached hydrogen (secondary N) is 3. The molecule has 11 heteroatoms. The molecule has 0 atom stereocenters. The van der Waals surface area contributed by atoms with Crippen LogP contribution in [0.15, 0.2) is 47.9 Å². The molecule has 144 valence electrons. The first-order valence-electron chi connectivity index (χ1n) is 7.63. The predicted molar refractivity (Wildman–Crippen MR) is 107 cm³/mol. The molecule has 0 fully saturated rings. The lowest BCUT2D eigenvalue weighted by Gasteiger charge is -2.11. The summed E-state index contributed by atoms with van der Waals surface area (Å²) in [6.07, 6.45) is 1.67. The Hall–Kier alpha value is -2.92. The fraction of sp³-hybridized carbons (Fsp3) is 0.188. The van der Waals surface area contributed by atoms with Gasteiger partial charge < -0.3 is 20.1 Å². The molecule has 0 amide bonds. The van der Waals surface area contributed by atoms with E-state index in [2.05, 4.69) is 31.9 Å². The predicted octanol–water partition coefficient (Wildman–Crippen LogP) is 1.77. The molecule has 0 aliphatic carbocycles. The summed E-state index contributed by atoms with van der Waals surface area (Å²) in [5, 5.41) is 6.26. The Morgan fingerprint density at radius 1 is 1.22 bits per heavy atom. The lowest BCUT2D eigenvalue weighted by Crippen LogP contribution is -2.28. The van der Waals surface area contributed by atoms with Gasteiger partial charge in [0.25, 0.3) is 10.0 Å². The summed E-state index contributed by atoms with van der Waals surface area (Å²) in [5.41, 5.74) is 0.640. The lowest BCUT2D eigenvalue weighted by molar-refractivity contribution is 0.353. The molecule has 0 unspecified atom stereocenters. The molecule has 1 aromatic heterocycles. The number of hydrogen-bond donors (Lipinski definition) is 3. The highest BCUT2D eigenvalue weighted by atomic mass is 32.2. The Morgan fingerprint density at radius 2 is 1.93 bits per heavy atom. The van der Waals surface area contributed by atoms with Crippen LogP contribution in [-0.4, -0.2) is 44.3 Å². The summed E-state index contributed by atoms with van der Waals surface area (Å²) >= 11 is 5.10. The summed E-state index contributed by atoms with van der Waals surface area (Å²) in [7, 11) is -1.09. The van der Waals surface area contributed by atoms with Crippen molar-refractivity contribution in [1.29, 1.82) is 0 Å². The van der Waals surface area contributed by atoms with Crippen LogP contribution in [0, 0.1) is 0 Å². The third-order valence-electron chi connectivity index (χ3n) is 3.14. The van der Waals surface area contributed by atoms with Gasteiger partial charge in [-0.3, -0.25) is 4.72 Å². The molecule has 2 aromatic rings. The molecule has 0 aliphatic heterocycles. The Bertz CT molecular complexity index is 895. The van der Waals surface area contributed by atoms with Crippen molar-refractivity contribution in [1.82, 2.24) is 15.3 Å². The maximum absolute atomic E-state index is 12.6. The van der Waals surface area contributed by atoms with Gasteiger partial charge in [-0.2, -0.15) is 9.97 Å². The van der Waals surface area contributed by atoms with Crippen molar-refractivity contribution in [3.63, 3.8) is 0 Å². The smallest absolute Gasteiger partial charge is 0.321 e. The Morgan fingerprint density at radius 3 is 2.52 bits per heavy atom. The van der Waals surface area contributed by atoms with Crippen LogP contribution >= 0.6 is 12.2 Å². The van der Waals surface area contributed by atoms with E-state index in [1.165, 1.54) is 32.4 Å². The molecule has 1 heterocycles. The average molecular weight is 409 g/mol. The number of nitrogens with zero attached hydrogens (tertiary/aromatic N) is 2. The number of ether oxygens (including phenoxy) is 2. The van der Waals surface area contributed by atoms with E-state index in [0.717, 1.165) is 0 Å². The van der Waals surface area contributed by atoms with E-state index in [4.69, 9.17) is 21.7 Å². The number of anilines is 2. The fourth-order valence-corrected chi connectivity index (χ4v) is 3.10. The topological polar surface area (TPSA) is 114 Å². The van der Waals surface area contributed by atoms with Gasteiger partial charge in [0, 0.05) is 18.3 Å². The lowest BCUT2D eigenvalue weighted by atomic mass is 10.3. The van der Waals surface area contributed by atoms with Gasteiger partial charge in [-0.05, 0) is 36.5 Å². The molecule has 9 nitrogen and oxygen atoms in total. The number of benzene rings is 1. The minimum Gasteiger partial charge on any atom is -0.481 e. The maximum Gasteiger partial charge on any atom is 0.321 e. The van der Waals surface area contributed by atoms with Crippen LogP contribution in [0.1, 0.15) is 0 Å². The zero-order valence-corrected chi connectivity index (χ0v) is 16.4. The van der Waals surface area contributed by atoms with Crippen LogP contribution < -0.4 is 24.8 Å². The number of rotatable bonds is 8. The van der Waals surface area contributed by atoms with Gasteiger partial charge in [0.2, 0.25) is 5.88 Å². The van der Waals surface area contributed by atoms with Crippen molar-refractivity contribution in [3.05, 3.63) is 43.0 Å². The second kappa shape index (κ2) is 9.14. The summed E-state index contributed by atoms with van der Waals surface area (Å²) in [6.45, 7) is 4.11. The molecule has 0 bridgehead atoms. The van der Waals surface area contributed by atoms with Crippen LogP contribution in [0.4, 0.5) is 11.5 Å². The quantitative estimate of drug-likeness (QED) is 0.443. The number of sulfonamides is 1. The number of aromatic nitrogens is 2. The largest absolute Gasteiger partial charge is 0.481 e. The summed E-state index contributed by atoms with van der Waals surface area (Å²) in [4.78, 5) is 7.91. The highest BCUT2D eigenvalue weighted by Crippen LogP contribution is 2.21. The van der Waals surface area contributed by atoms with Crippen LogP contribution in [0.25, 0.3) is 0 Å². The molecular formula is C16H19N5O4S2. The summed E-state index contributed by atoms with van der Waals surface area (Å²) < 4.78 is 37.4. The van der Waals surface area contributed by atoms with Crippen LogP contribution in [-0.2, 0) is 10.0 Å². The fourth-order valence-electron chi connectivity index (χ4n) is 1.91. The third-order valence-corrected chi connectivity index (χ3v) is 4.76. The Balaban J connectivity index is 2.15. The van der Waals surface area contributed by atoms with Gasteiger partial charge in [-0.15, -0.1) is 6.58 Å². The van der Waals surface area contributed by atoms with E-state index >= 15 is 0 Å². The first-order valence-corrected chi connectivity index (χ1v) is 9.53. The van der Waals surface area contributed by atoms with Gasteiger partial charge in [0.1, 0.15) is 0 Å². The van der Waals surface area contributed by atoms with Crippen molar-refractivity contribution < 1.29 is 17.9 Å². The first-order chi connectivity index (χ1) is 12.9. The second-order valence-corrected chi connectivity index (χ2v) is 7.13. The zero-order chi connectivity index (χ0) is 19.9. The molecule has 0 saturated carbocycles. The molecule has 1 aromatic carbocycles. The van der Waals surface area contributed by atoms with Crippen molar-refractivity contribution >= 4 is 38.9 Å². The summed E-state index contributed by atoms with van der Waals surface area (Å²) in [5.74, 6) is 0.190. The van der Waals surface area contributed by atoms with Crippen LogP contribution in [0.3, 0.4) is 0 Å². The monoisotopic (exact) mass is 409 g/mol. The van der Waals surface area contributed by atoms with Gasteiger partial charge >= 0.3 is 6.01 Å². The highest BCUT2D eigenvalue weighted by Gasteiger charge is 2.17. The minimum atomic E-state index is -3.86. The average Bonchev–Trinajstić information content (AvgIpc) is 2.66. The summed E-state index contributed by atoms with van der Waals surface area (Å²) in [6, 6.07) is 7.40. The standard InChI is InChI=1S/C16H19N5O4S2/c1-4-9-17-16(26)18-11-5-7-12(8-6-11)27(22,23)21-13-10-14(24-2)20-15(19-13)25-3/h4-8,10H,1,9H2,2-3H3,(H2,17,18,26)(H,19,20,21). The molecule has 0 spiro atoms. The van der Waals surface area contributed by atoms with Gasteiger partial charge in [0.15, 0.2) is 10.9 Å². The van der Waals surface area contributed by atoms with E-state index < -0.39 is 10.0 Å². The zero-order valence-electron chi connectivity index (χ0n) is 14.7. The normalized spacial score (nSPS) is 10.6. The van der Waals surface area contributed by atoms with Crippen molar-refractivity contribution in [2.24, 2.45) is 0 Å². The molecule has 27 heavy (non-hydrogen) atoms. The highest BCUT2D eigenvalue weighted by molar-refractivity contribution is 7.92. The van der Waals surface area contributed by atoms with Crippen molar-refractivity contribution in [2.75, 3.05) is 30.8 Å². The number of methoxy groups -OCH3 is 2. The van der Waals surface area contributed by atoms with Crippen molar-refractivity contribution in [2.45, 2.75) is 4.90 Å². The van der Waals surface area contributed by atoms with E-state index in [1.807, 2.05) is 0 Å². The molecule has 3 N–H and O–H groups in total. The molecule has 2 rings (SSSR count). The first kappa shape index (κ1) is 20.4. The van der Waals surface area contributed by atoms with E-state index in [0.29, 0.717) is 17.3 Å². The SMILES string of the molecule is C=CCNC(=S)Nc1ccc(S(=O)(=O)Nc2cc(OC)nc(OC)n2)cc1. The Labute approximate surface area is 162 Å². The van der Waals surface area contributed by atoms with Gasteiger partial charge in [0.05, 0.1) is 19.1 Å². The van der Waals surface area contributed by atoms with Gasteiger partial charge in [-0.25, -0.2) is 8.42 Å². The minimum absolute atomic E-state index is 0.0212.